The molecule has 0 N–H and O–H groups in total. The van der Waals surface area contributed by atoms with Crippen molar-refractivity contribution in [1.82, 2.24) is 4.98 Å². The first-order chi connectivity index (χ1) is 8.29. The maximum atomic E-state index is 5.22. The highest BCUT2D eigenvalue weighted by Gasteiger charge is 2.03. The van der Waals surface area contributed by atoms with E-state index >= 15 is 0 Å². The molecule has 0 aliphatic heterocycles. The molecule has 0 bridgehead atoms. The van der Waals surface area contributed by atoms with Crippen LogP contribution in [0.4, 0.5) is 0 Å². The minimum absolute atomic E-state index is 0.539. The first-order valence-corrected chi connectivity index (χ1v) is 7.29. The predicted octanol–water partition coefficient (Wildman–Crippen LogP) is 4.22. The summed E-state index contributed by atoms with van der Waals surface area (Å²) in [7, 11) is 0. The Morgan fingerprint density at radius 1 is 1.47 bits per heavy atom. The first-order valence-electron chi connectivity index (χ1n) is 5.13. The minimum atomic E-state index is 0.539. The highest BCUT2D eigenvalue weighted by atomic mass is 32.2. The van der Waals surface area contributed by atoms with E-state index < -0.39 is 0 Å². The molecular weight excluding hydrogens is 270 g/mol. The number of hydrogen-bond acceptors (Lipinski definition) is 5. The SMILES string of the molecule is CCOC(=S)Sc1ccc(-c2ccsc2)nc1. The van der Waals surface area contributed by atoms with Crippen molar-refractivity contribution >= 4 is 39.7 Å². The quantitative estimate of drug-likeness (QED) is 0.620. The van der Waals surface area contributed by atoms with Gasteiger partial charge >= 0.3 is 0 Å². The lowest BCUT2D eigenvalue weighted by Crippen LogP contribution is -1.95. The van der Waals surface area contributed by atoms with Gasteiger partial charge in [0.25, 0.3) is 0 Å². The molecule has 0 fully saturated rings. The largest absolute Gasteiger partial charge is 0.479 e. The van der Waals surface area contributed by atoms with Crippen LogP contribution < -0.4 is 0 Å². The van der Waals surface area contributed by atoms with E-state index in [1.165, 1.54) is 11.8 Å². The predicted molar refractivity (Wildman–Crippen MR) is 77.6 cm³/mol. The molecule has 2 aromatic heterocycles. The molecule has 0 unspecified atom stereocenters. The zero-order valence-corrected chi connectivity index (χ0v) is 11.7. The van der Waals surface area contributed by atoms with Crippen LogP contribution >= 0.6 is 35.3 Å². The fourth-order valence-corrected chi connectivity index (χ4v) is 2.93. The van der Waals surface area contributed by atoms with Crippen molar-refractivity contribution in [3.8, 4) is 11.3 Å². The minimum Gasteiger partial charge on any atom is -0.479 e. The third-order valence-corrected chi connectivity index (χ3v) is 3.83. The van der Waals surface area contributed by atoms with Crippen LogP contribution in [0.1, 0.15) is 6.92 Å². The zero-order valence-electron chi connectivity index (χ0n) is 9.25. The average molecular weight is 281 g/mol. The number of thioether (sulfide) groups is 1. The van der Waals surface area contributed by atoms with Crippen molar-refractivity contribution in [1.29, 1.82) is 0 Å². The Kier molecular flexibility index (Phi) is 4.53. The van der Waals surface area contributed by atoms with E-state index in [1.54, 1.807) is 11.3 Å². The molecule has 0 aromatic carbocycles. The van der Waals surface area contributed by atoms with Crippen molar-refractivity contribution in [3.05, 3.63) is 35.2 Å². The van der Waals surface area contributed by atoms with Gasteiger partial charge in [0.2, 0.25) is 4.38 Å². The number of nitrogens with zero attached hydrogens (tertiary/aromatic N) is 1. The number of thiocarbonyl (C=S) groups is 1. The van der Waals surface area contributed by atoms with E-state index in [1.807, 2.05) is 30.6 Å². The van der Waals surface area contributed by atoms with E-state index in [0.717, 1.165) is 16.2 Å². The third-order valence-electron chi connectivity index (χ3n) is 2.02. The Labute approximate surface area is 114 Å². The molecular formula is C12H11NOS3. The highest BCUT2D eigenvalue weighted by Crippen LogP contribution is 2.24. The topological polar surface area (TPSA) is 22.1 Å². The van der Waals surface area contributed by atoms with Crippen molar-refractivity contribution in [3.63, 3.8) is 0 Å². The third kappa shape index (κ3) is 3.52. The molecule has 0 spiro atoms. The van der Waals surface area contributed by atoms with Gasteiger partial charge in [0.1, 0.15) is 0 Å². The number of aromatic nitrogens is 1. The van der Waals surface area contributed by atoms with Gasteiger partial charge in [0.05, 0.1) is 12.3 Å². The van der Waals surface area contributed by atoms with Crippen LogP contribution in [0.2, 0.25) is 0 Å². The molecule has 2 rings (SSSR count). The molecule has 5 heteroatoms. The second kappa shape index (κ2) is 6.14. The Bertz CT molecular complexity index is 479. The summed E-state index contributed by atoms with van der Waals surface area (Å²) in [6.45, 7) is 2.52. The summed E-state index contributed by atoms with van der Waals surface area (Å²) in [6, 6.07) is 6.07. The maximum absolute atomic E-state index is 5.22. The molecule has 2 heterocycles. The van der Waals surface area contributed by atoms with E-state index in [4.69, 9.17) is 17.0 Å². The molecule has 17 heavy (non-hydrogen) atoms. The lowest BCUT2D eigenvalue weighted by atomic mass is 10.2. The van der Waals surface area contributed by atoms with Crippen LogP contribution in [-0.4, -0.2) is 16.0 Å². The summed E-state index contributed by atoms with van der Waals surface area (Å²) in [4.78, 5) is 5.41. The maximum Gasteiger partial charge on any atom is 0.224 e. The van der Waals surface area contributed by atoms with Crippen molar-refractivity contribution in [2.75, 3.05) is 6.61 Å². The number of pyridine rings is 1. The normalized spacial score (nSPS) is 10.2. The van der Waals surface area contributed by atoms with E-state index in [2.05, 4.69) is 16.4 Å². The summed E-state index contributed by atoms with van der Waals surface area (Å²) < 4.78 is 5.76. The standard InChI is InChI=1S/C12H11NOS3/c1-2-14-12(15)17-10-3-4-11(13-7-10)9-5-6-16-8-9/h3-8H,2H2,1H3. The summed E-state index contributed by atoms with van der Waals surface area (Å²) in [5.74, 6) is 0. The van der Waals surface area contributed by atoms with Crippen LogP contribution in [0, 0.1) is 0 Å². The Balaban J connectivity index is 2.06. The molecule has 2 aromatic rings. The van der Waals surface area contributed by atoms with Gasteiger partial charge in [0.15, 0.2) is 0 Å². The van der Waals surface area contributed by atoms with Gasteiger partial charge in [-0.2, -0.15) is 11.3 Å². The van der Waals surface area contributed by atoms with Gasteiger partial charge in [-0.05, 0) is 54.5 Å². The van der Waals surface area contributed by atoms with Crippen molar-refractivity contribution < 1.29 is 4.74 Å². The zero-order chi connectivity index (χ0) is 12.1. The lowest BCUT2D eigenvalue weighted by molar-refractivity contribution is 0.346. The van der Waals surface area contributed by atoms with E-state index in [0.29, 0.717) is 11.0 Å². The fraction of sp³-hybridized carbons (Fsp3) is 0.167. The van der Waals surface area contributed by atoms with Crippen LogP contribution in [0.5, 0.6) is 0 Å². The number of thiophene rings is 1. The number of ether oxygens (including phenoxy) is 1. The van der Waals surface area contributed by atoms with Crippen LogP contribution in [0.15, 0.2) is 40.1 Å². The fourth-order valence-electron chi connectivity index (χ4n) is 1.27. The number of hydrogen-bond donors (Lipinski definition) is 0. The Morgan fingerprint density at radius 2 is 2.35 bits per heavy atom. The molecule has 88 valence electrons. The highest BCUT2D eigenvalue weighted by molar-refractivity contribution is 8.22. The summed E-state index contributed by atoms with van der Waals surface area (Å²) in [5, 5.41) is 4.13. The van der Waals surface area contributed by atoms with Crippen LogP contribution in [0.3, 0.4) is 0 Å². The summed E-state index contributed by atoms with van der Waals surface area (Å²) in [6.07, 6.45) is 1.82. The molecule has 0 saturated heterocycles. The molecule has 0 aliphatic rings. The summed E-state index contributed by atoms with van der Waals surface area (Å²) in [5.41, 5.74) is 2.14. The smallest absolute Gasteiger partial charge is 0.224 e. The molecule has 0 radical (unpaired) electrons. The van der Waals surface area contributed by atoms with Gasteiger partial charge in [-0.1, -0.05) is 0 Å². The molecule has 2 nitrogen and oxygen atoms in total. The van der Waals surface area contributed by atoms with E-state index in [9.17, 15) is 0 Å². The second-order valence-electron chi connectivity index (χ2n) is 3.18. The molecule has 0 saturated carbocycles. The molecule has 0 atom stereocenters. The van der Waals surface area contributed by atoms with Crippen molar-refractivity contribution in [2.24, 2.45) is 0 Å². The number of rotatable bonds is 3. The van der Waals surface area contributed by atoms with Gasteiger partial charge < -0.3 is 4.74 Å². The van der Waals surface area contributed by atoms with E-state index in [-0.39, 0.29) is 0 Å². The monoisotopic (exact) mass is 281 g/mol. The van der Waals surface area contributed by atoms with Gasteiger partial charge in [-0.15, -0.1) is 0 Å². The molecule has 0 amide bonds. The average Bonchev–Trinajstić information content (AvgIpc) is 2.84. The molecule has 0 aliphatic carbocycles. The van der Waals surface area contributed by atoms with Crippen LogP contribution in [-0.2, 0) is 4.74 Å². The van der Waals surface area contributed by atoms with Gasteiger partial charge in [-0.3, -0.25) is 4.98 Å². The Morgan fingerprint density at radius 3 is 2.94 bits per heavy atom. The second-order valence-corrected chi connectivity index (χ2v) is 5.63. The van der Waals surface area contributed by atoms with Gasteiger partial charge in [-0.25, -0.2) is 0 Å². The lowest BCUT2D eigenvalue weighted by Gasteiger charge is -2.04. The van der Waals surface area contributed by atoms with Gasteiger partial charge in [0, 0.05) is 22.0 Å². The first kappa shape index (κ1) is 12.5. The van der Waals surface area contributed by atoms with Crippen LogP contribution in [0.25, 0.3) is 11.3 Å². The Hall–Kier alpha value is -0.910. The summed E-state index contributed by atoms with van der Waals surface area (Å²) >= 11 is 8.16. The van der Waals surface area contributed by atoms with Crippen molar-refractivity contribution in [2.45, 2.75) is 11.8 Å².